The van der Waals surface area contributed by atoms with Crippen LogP contribution in [-0.4, -0.2) is 40.4 Å². The van der Waals surface area contributed by atoms with Gasteiger partial charge in [0.2, 0.25) is 0 Å². The summed E-state index contributed by atoms with van der Waals surface area (Å²) in [5.74, 6) is 0. The van der Waals surface area contributed by atoms with Crippen molar-refractivity contribution in [1.29, 1.82) is 0 Å². The van der Waals surface area contributed by atoms with Crippen molar-refractivity contribution in [1.82, 2.24) is 4.31 Å². The molecule has 0 fully saturated rings. The standard InChI is InChI=1S/C12H19N3O2S/c1-14(2)18(16,17)13-11-7-6-10-5-4-8-15(3)12(10)9-11/h6-7,9,13H,4-5,8H2,1-3H3. The van der Waals surface area contributed by atoms with Crippen LogP contribution in [0.2, 0.25) is 0 Å². The quantitative estimate of drug-likeness (QED) is 0.899. The fourth-order valence-electron chi connectivity index (χ4n) is 2.06. The molecule has 5 nitrogen and oxygen atoms in total. The number of anilines is 2. The third-order valence-corrected chi connectivity index (χ3v) is 4.62. The van der Waals surface area contributed by atoms with Crippen LogP contribution in [0.4, 0.5) is 11.4 Å². The molecule has 1 aliphatic heterocycles. The molecule has 0 unspecified atom stereocenters. The fraction of sp³-hybridized carbons (Fsp3) is 0.500. The maximum atomic E-state index is 11.8. The van der Waals surface area contributed by atoms with Gasteiger partial charge in [-0.2, -0.15) is 12.7 Å². The number of nitrogens with zero attached hydrogens (tertiary/aromatic N) is 2. The third kappa shape index (κ3) is 2.59. The van der Waals surface area contributed by atoms with E-state index in [2.05, 4.69) is 9.62 Å². The SMILES string of the molecule is CN1CCCc2ccc(NS(=O)(=O)N(C)C)cc21. The highest BCUT2D eigenvalue weighted by atomic mass is 32.2. The number of nitrogens with one attached hydrogen (secondary N) is 1. The van der Waals surface area contributed by atoms with Gasteiger partial charge in [0.15, 0.2) is 0 Å². The molecule has 0 atom stereocenters. The average molecular weight is 269 g/mol. The van der Waals surface area contributed by atoms with Crippen LogP contribution in [0.5, 0.6) is 0 Å². The number of rotatable bonds is 3. The van der Waals surface area contributed by atoms with Gasteiger partial charge in [0.05, 0.1) is 5.69 Å². The van der Waals surface area contributed by atoms with Crippen LogP contribution in [-0.2, 0) is 16.6 Å². The lowest BCUT2D eigenvalue weighted by Crippen LogP contribution is -2.29. The first-order valence-electron chi connectivity index (χ1n) is 5.94. The lowest BCUT2D eigenvalue weighted by Gasteiger charge is -2.28. The van der Waals surface area contributed by atoms with E-state index in [-0.39, 0.29) is 0 Å². The Kier molecular flexibility index (Phi) is 3.49. The number of hydrogen-bond acceptors (Lipinski definition) is 3. The van der Waals surface area contributed by atoms with E-state index in [1.54, 1.807) is 0 Å². The van der Waals surface area contributed by atoms with Gasteiger partial charge in [-0.1, -0.05) is 6.07 Å². The molecule has 0 radical (unpaired) electrons. The monoisotopic (exact) mass is 269 g/mol. The van der Waals surface area contributed by atoms with Crippen molar-refractivity contribution in [3.8, 4) is 0 Å². The first-order chi connectivity index (χ1) is 8.40. The summed E-state index contributed by atoms with van der Waals surface area (Å²) in [6.07, 6.45) is 2.20. The molecule has 2 rings (SSSR count). The molecule has 0 saturated heterocycles. The normalized spacial score (nSPS) is 15.7. The number of hydrogen-bond donors (Lipinski definition) is 1. The van der Waals surface area contributed by atoms with Crippen LogP contribution < -0.4 is 9.62 Å². The molecule has 100 valence electrons. The summed E-state index contributed by atoms with van der Waals surface area (Å²) in [5, 5.41) is 0. The van der Waals surface area contributed by atoms with E-state index in [1.165, 1.54) is 19.7 Å². The van der Waals surface area contributed by atoms with Crippen LogP contribution >= 0.6 is 0 Å². The Morgan fingerprint density at radius 3 is 2.72 bits per heavy atom. The maximum Gasteiger partial charge on any atom is 0.301 e. The molecule has 1 aliphatic rings. The summed E-state index contributed by atoms with van der Waals surface area (Å²) in [6, 6.07) is 5.72. The van der Waals surface area contributed by atoms with Gasteiger partial charge < -0.3 is 4.90 Å². The summed E-state index contributed by atoms with van der Waals surface area (Å²) in [6.45, 7) is 1.01. The Hall–Kier alpha value is -1.27. The van der Waals surface area contributed by atoms with Gasteiger partial charge in [0, 0.05) is 33.4 Å². The highest BCUT2D eigenvalue weighted by Gasteiger charge is 2.17. The van der Waals surface area contributed by atoms with Gasteiger partial charge >= 0.3 is 10.2 Å². The molecule has 1 N–H and O–H groups in total. The predicted octanol–water partition coefficient (Wildman–Crippen LogP) is 1.29. The van der Waals surface area contributed by atoms with E-state index in [0.717, 1.165) is 29.4 Å². The second-order valence-corrected chi connectivity index (χ2v) is 6.64. The van der Waals surface area contributed by atoms with Gasteiger partial charge in [-0.15, -0.1) is 0 Å². The highest BCUT2D eigenvalue weighted by Crippen LogP contribution is 2.29. The molecular weight excluding hydrogens is 250 g/mol. The fourth-order valence-corrected chi connectivity index (χ4v) is 2.67. The van der Waals surface area contributed by atoms with Crippen molar-refractivity contribution in [3.63, 3.8) is 0 Å². The molecule has 18 heavy (non-hydrogen) atoms. The zero-order valence-corrected chi connectivity index (χ0v) is 11.8. The van der Waals surface area contributed by atoms with Crippen molar-refractivity contribution in [3.05, 3.63) is 23.8 Å². The van der Waals surface area contributed by atoms with E-state index in [1.807, 2.05) is 25.2 Å². The smallest absolute Gasteiger partial charge is 0.301 e. The number of benzene rings is 1. The molecule has 1 aromatic carbocycles. The van der Waals surface area contributed by atoms with Gasteiger partial charge in [0.1, 0.15) is 0 Å². The topological polar surface area (TPSA) is 52.7 Å². The molecule has 0 bridgehead atoms. The lowest BCUT2D eigenvalue weighted by atomic mass is 10.0. The summed E-state index contributed by atoms with van der Waals surface area (Å²) >= 11 is 0. The molecule has 6 heteroatoms. The Bertz CT molecular complexity index is 540. The Balaban J connectivity index is 2.29. The first kappa shape index (κ1) is 13.2. The van der Waals surface area contributed by atoms with Crippen LogP contribution in [0, 0.1) is 0 Å². The molecule has 1 aromatic rings. The molecule has 1 heterocycles. The number of fused-ring (bicyclic) bond motifs is 1. The van der Waals surface area contributed by atoms with Gasteiger partial charge in [-0.3, -0.25) is 4.72 Å². The van der Waals surface area contributed by atoms with Gasteiger partial charge in [-0.25, -0.2) is 0 Å². The minimum Gasteiger partial charge on any atom is -0.374 e. The van der Waals surface area contributed by atoms with Crippen LogP contribution in [0.15, 0.2) is 18.2 Å². The van der Waals surface area contributed by atoms with Crippen molar-refractivity contribution in [2.45, 2.75) is 12.8 Å². The number of aryl methyl sites for hydroxylation is 1. The second-order valence-electron chi connectivity index (χ2n) is 4.76. The van der Waals surface area contributed by atoms with E-state index in [4.69, 9.17) is 0 Å². The van der Waals surface area contributed by atoms with Crippen molar-refractivity contribution < 1.29 is 8.42 Å². The van der Waals surface area contributed by atoms with Crippen LogP contribution in [0.25, 0.3) is 0 Å². The van der Waals surface area contributed by atoms with Crippen molar-refractivity contribution >= 4 is 21.6 Å². The Morgan fingerprint density at radius 2 is 2.06 bits per heavy atom. The summed E-state index contributed by atoms with van der Waals surface area (Å²) < 4.78 is 27.2. The predicted molar refractivity (Wildman–Crippen MR) is 74.3 cm³/mol. The minimum absolute atomic E-state index is 0.608. The summed E-state index contributed by atoms with van der Waals surface area (Å²) in [7, 11) is 1.61. The van der Waals surface area contributed by atoms with Crippen LogP contribution in [0.1, 0.15) is 12.0 Å². The van der Waals surface area contributed by atoms with E-state index < -0.39 is 10.2 Å². The van der Waals surface area contributed by atoms with E-state index in [0.29, 0.717) is 5.69 Å². The molecular formula is C12H19N3O2S. The Labute approximate surface area is 109 Å². The van der Waals surface area contributed by atoms with E-state index in [9.17, 15) is 8.42 Å². The molecule has 0 aliphatic carbocycles. The zero-order chi connectivity index (χ0) is 13.3. The average Bonchev–Trinajstić information content (AvgIpc) is 2.29. The summed E-state index contributed by atoms with van der Waals surface area (Å²) in [5.41, 5.74) is 2.99. The lowest BCUT2D eigenvalue weighted by molar-refractivity contribution is 0.527. The first-order valence-corrected chi connectivity index (χ1v) is 7.38. The van der Waals surface area contributed by atoms with Crippen LogP contribution in [0.3, 0.4) is 0 Å². The molecule has 0 spiro atoms. The summed E-state index contributed by atoms with van der Waals surface area (Å²) in [4.78, 5) is 2.16. The molecule has 0 aromatic heterocycles. The van der Waals surface area contributed by atoms with Gasteiger partial charge in [0.25, 0.3) is 0 Å². The largest absolute Gasteiger partial charge is 0.374 e. The third-order valence-electron chi connectivity index (χ3n) is 3.16. The Morgan fingerprint density at radius 1 is 1.33 bits per heavy atom. The maximum absolute atomic E-state index is 11.8. The highest BCUT2D eigenvalue weighted by molar-refractivity contribution is 7.90. The second kappa shape index (κ2) is 4.78. The molecule has 0 amide bonds. The molecule has 0 saturated carbocycles. The zero-order valence-electron chi connectivity index (χ0n) is 11.0. The van der Waals surface area contributed by atoms with Crippen molar-refractivity contribution in [2.75, 3.05) is 37.3 Å². The van der Waals surface area contributed by atoms with Gasteiger partial charge in [-0.05, 0) is 30.5 Å². The van der Waals surface area contributed by atoms with E-state index >= 15 is 0 Å². The minimum atomic E-state index is -3.43. The van der Waals surface area contributed by atoms with Crippen molar-refractivity contribution in [2.24, 2.45) is 0 Å².